The standard InChI is InChI=1S/C18H21N3OS2/c1-2-14-5-7-15(8-6-14)19-18(23)21-11-9-20(10-12-21)17(22)16-4-3-13-24-16/h3-8,13H,2,9-12H2,1H3,(H,19,23). The van der Waals surface area contributed by atoms with Crippen LogP contribution in [-0.2, 0) is 6.42 Å². The lowest BCUT2D eigenvalue weighted by molar-refractivity contribution is 0.0698. The molecular weight excluding hydrogens is 338 g/mol. The van der Waals surface area contributed by atoms with Crippen molar-refractivity contribution in [3.8, 4) is 0 Å². The van der Waals surface area contributed by atoms with Crippen LogP contribution in [0.1, 0.15) is 22.2 Å². The molecule has 0 atom stereocenters. The molecule has 126 valence electrons. The Morgan fingerprint density at radius 2 is 1.79 bits per heavy atom. The number of benzene rings is 1. The summed E-state index contributed by atoms with van der Waals surface area (Å²) in [6, 6.07) is 12.1. The van der Waals surface area contributed by atoms with Gasteiger partial charge in [0.25, 0.3) is 5.91 Å². The van der Waals surface area contributed by atoms with Gasteiger partial charge in [0, 0.05) is 31.9 Å². The number of aryl methyl sites for hydroxylation is 1. The molecule has 1 aliphatic rings. The molecule has 24 heavy (non-hydrogen) atoms. The topological polar surface area (TPSA) is 35.6 Å². The van der Waals surface area contributed by atoms with E-state index < -0.39 is 0 Å². The van der Waals surface area contributed by atoms with E-state index in [2.05, 4.69) is 41.4 Å². The predicted molar refractivity (Wildman–Crippen MR) is 104 cm³/mol. The van der Waals surface area contributed by atoms with Crippen molar-refractivity contribution in [3.05, 3.63) is 52.2 Å². The Morgan fingerprint density at radius 3 is 2.38 bits per heavy atom. The van der Waals surface area contributed by atoms with Crippen LogP contribution in [0.15, 0.2) is 41.8 Å². The van der Waals surface area contributed by atoms with E-state index in [1.165, 1.54) is 16.9 Å². The maximum absolute atomic E-state index is 12.4. The van der Waals surface area contributed by atoms with Crippen LogP contribution in [0, 0.1) is 0 Å². The quantitative estimate of drug-likeness (QED) is 0.852. The summed E-state index contributed by atoms with van der Waals surface area (Å²) in [5, 5.41) is 5.95. The fourth-order valence-electron chi connectivity index (χ4n) is 2.70. The van der Waals surface area contributed by atoms with E-state index in [1.54, 1.807) is 0 Å². The Balaban J connectivity index is 1.52. The summed E-state index contributed by atoms with van der Waals surface area (Å²) >= 11 is 7.01. The van der Waals surface area contributed by atoms with Gasteiger partial charge in [-0.3, -0.25) is 4.79 Å². The maximum atomic E-state index is 12.4. The van der Waals surface area contributed by atoms with Crippen molar-refractivity contribution in [1.29, 1.82) is 0 Å². The summed E-state index contributed by atoms with van der Waals surface area (Å²) in [5.74, 6) is 0.124. The highest BCUT2D eigenvalue weighted by atomic mass is 32.1. The van der Waals surface area contributed by atoms with E-state index >= 15 is 0 Å². The number of piperazine rings is 1. The minimum atomic E-state index is 0.124. The third kappa shape index (κ3) is 3.94. The van der Waals surface area contributed by atoms with E-state index in [4.69, 9.17) is 12.2 Å². The van der Waals surface area contributed by atoms with Crippen molar-refractivity contribution in [2.45, 2.75) is 13.3 Å². The number of hydrogen-bond donors (Lipinski definition) is 1. The molecule has 1 saturated heterocycles. The second kappa shape index (κ2) is 7.77. The molecule has 2 heterocycles. The molecule has 1 N–H and O–H groups in total. The molecule has 0 saturated carbocycles. The Labute approximate surface area is 152 Å². The first-order chi connectivity index (χ1) is 11.7. The molecule has 0 unspecified atom stereocenters. The van der Waals surface area contributed by atoms with Gasteiger partial charge in [-0.15, -0.1) is 11.3 Å². The number of thiophene rings is 1. The number of anilines is 1. The Bertz CT molecular complexity index is 690. The van der Waals surface area contributed by atoms with Crippen LogP contribution >= 0.6 is 23.6 Å². The molecule has 0 spiro atoms. The normalized spacial score (nSPS) is 14.5. The smallest absolute Gasteiger partial charge is 0.264 e. The zero-order valence-corrected chi connectivity index (χ0v) is 15.3. The van der Waals surface area contributed by atoms with E-state index in [-0.39, 0.29) is 5.91 Å². The van der Waals surface area contributed by atoms with Gasteiger partial charge in [-0.25, -0.2) is 0 Å². The molecule has 1 amide bonds. The van der Waals surface area contributed by atoms with Crippen LogP contribution < -0.4 is 5.32 Å². The Morgan fingerprint density at radius 1 is 1.12 bits per heavy atom. The molecular formula is C18H21N3OS2. The van der Waals surface area contributed by atoms with Crippen molar-refractivity contribution in [2.24, 2.45) is 0 Å². The molecule has 2 aromatic rings. The average Bonchev–Trinajstić information content (AvgIpc) is 3.16. The highest BCUT2D eigenvalue weighted by Gasteiger charge is 2.23. The molecule has 1 aliphatic heterocycles. The van der Waals surface area contributed by atoms with Gasteiger partial charge in [-0.1, -0.05) is 25.1 Å². The van der Waals surface area contributed by atoms with E-state index in [0.717, 1.165) is 35.2 Å². The fourth-order valence-corrected chi connectivity index (χ4v) is 3.69. The van der Waals surface area contributed by atoms with Gasteiger partial charge in [0.15, 0.2) is 5.11 Å². The summed E-state index contributed by atoms with van der Waals surface area (Å²) in [6.07, 6.45) is 1.03. The van der Waals surface area contributed by atoms with E-state index in [0.29, 0.717) is 13.1 Å². The number of nitrogens with one attached hydrogen (secondary N) is 1. The number of rotatable bonds is 3. The first kappa shape index (κ1) is 16.9. The lowest BCUT2D eigenvalue weighted by Crippen LogP contribution is -2.51. The van der Waals surface area contributed by atoms with Crippen LogP contribution in [0.25, 0.3) is 0 Å². The highest BCUT2D eigenvalue weighted by molar-refractivity contribution is 7.80. The third-order valence-corrected chi connectivity index (χ3v) is 5.42. The number of amides is 1. The van der Waals surface area contributed by atoms with Gasteiger partial charge < -0.3 is 15.1 Å². The van der Waals surface area contributed by atoms with Gasteiger partial charge >= 0.3 is 0 Å². The van der Waals surface area contributed by atoms with Crippen molar-refractivity contribution >= 4 is 40.3 Å². The Hall–Kier alpha value is -1.92. The SMILES string of the molecule is CCc1ccc(NC(=S)N2CCN(C(=O)c3cccs3)CC2)cc1. The summed E-state index contributed by atoms with van der Waals surface area (Å²) in [4.78, 5) is 17.2. The van der Waals surface area contributed by atoms with Gasteiger partial charge in [-0.05, 0) is 47.8 Å². The van der Waals surface area contributed by atoms with Crippen molar-refractivity contribution in [1.82, 2.24) is 9.80 Å². The first-order valence-electron chi connectivity index (χ1n) is 8.15. The highest BCUT2D eigenvalue weighted by Crippen LogP contribution is 2.15. The fraction of sp³-hybridized carbons (Fsp3) is 0.333. The summed E-state index contributed by atoms with van der Waals surface area (Å²) in [5.41, 5.74) is 2.32. The number of thiocarbonyl (C=S) groups is 1. The maximum Gasteiger partial charge on any atom is 0.264 e. The number of carbonyl (C=O) groups is 1. The van der Waals surface area contributed by atoms with Crippen LogP contribution in [0.4, 0.5) is 5.69 Å². The first-order valence-corrected chi connectivity index (χ1v) is 9.44. The summed E-state index contributed by atoms with van der Waals surface area (Å²) in [7, 11) is 0. The molecule has 1 fully saturated rings. The van der Waals surface area contributed by atoms with Gasteiger partial charge in [0.05, 0.1) is 4.88 Å². The molecule has 4 nitrogen and oxygen atoms in total. The minimum absolute atomic E-state index is 0.124. The largest absolute Gasteiger partial charge is 0.345 e. The molecule has 0 bridgehead atoms. The summed E-state index contributed by atoms with van der Waals surface area (Å²) in [6.45, 7) is 5.07. The predicted octanol–water partition coefficient (Wildman–Crippen LogP) is 3.47. The van der Waals surface area contributed by atoms with Gasteiger partial charge in [0.1, 0.15) is 0 Å². The second-order valence-corrected chi connectivity index (χ2v) is 7.07. The average molecular weight is 360 g/mol. The monoisotopic (exact) mass is 359 g/mol. The summed E-state index contributed by atoms with van der Waals surface area (Å²) < 4.78 is 0. The minimum Gasteiger partial charge on any atom is -0.345 e. The van der Waals surface area contributed by atoms with Crippen molar-refractivity contribution in [2.75, 3.05) is 31.5 Å². The van der Waals surface area contributed by atoms with Crippen LogP contribution in [0.3, 0.4) is 0 Å². The second-order valence-electron chi connectivity index (χ2n) is 5.74. The van der Waals surface area contributed by atoms with Crippen LogP contribution in [0.5, 0.6) is 0 Å². The van der Waals surface area contributed by atoms with Crippen molar-refractivity contribution in [3.63, 3.8) is 0 Å². The zero-order chi connectivity index (χ0) is 16.9. The van der Waals surface area contributed by atoms with Crippen LogP contribution in [-0.4, -0.2) is 47.0 Å². The Kier molecular flexibility index (Phi) is 5.48. The van der Waals surface area contributed by atoms with Gasteiger partial charge in [-0.2, -0.15) is 0 Å². The number of nitrogens with zero attached hydrogens (tertiary/aromatic N) is 2. The molecule has 1 aromatic heterocycles. The lowest BCUT2D eigenvalue weighted by Gasteiger charge is -2.36. The lowest BCUT2D eigenvalue weighted by atomic mass is 10.1. The number of carbonyl (C=O) groups excluding carboxylic acids is 1. The zero-order valence-electron chi connectivity index (χ0n) is 13.7. The van der Waals surface area contributed by atoms with Crippen molar-refractivity contribution < 1.29 is 4.79 Å². The molecule has 3 rings (SSSR count). The van der Waals surface area contributed by atoms with Crippen LogP contribution in [0.2, 0.25) is 0 Å². The van der Waals surface area contributed by atoms with E-state index in [9.17, 15) is 4.79 Å². The third-order valence-electron chi connectivity index (χ3n) is 4.20. The molecule has 0 radical (unpaired) electrons. The molecule has 0 aliphatic carbocycles. The van der Waals surface area contributed by atoms with E-state index in [1.807, 2.05) is 22.4 Å². The number of hydrogen-bond acceptors (Lipinski definition) is 3. The van der Waals surface area contributed by atoms with Gasteiger partial charge in [0.2, 0.25) is 0 Å². The molecule has 1 aromatic carbocycles. The molecule has 6 heteroatoms.